The van der Waals surface area contributed by atoms with Crippen LogP contribution in [0.4, 0.5) is 0 Å². The third-order valence-electron chi connectivity index (χ3n) is 3.89. The summed E-state index contributed by atoms with van der Waals surface area (Å²) in [4.78, 5) is 12.8. The maximum Gasteiger partial charge on any atom is 0.318 e. The van der Waals surface area contributed by atoms with Crippen molar-refractivity contribution in [3.63, 3.8) is 0 Å². The smallest absolute Gasteiger partial charge is 0.318 e. The number of ether oxygens (including phenoxy) is 1. The zero-order valence-corrected chi connectivity index (χ0v) is 15.1. The average molecular weight is 360 g/mol. The maximum absolute atomic E-state index is 11.7. The van der Waals surface area contributed by atoms with Crippen molar-refractivity contribution in [1.29, 1.82) is 0 Å². The fraction of sp³-hybridized carbons (Fsp3) is 0.211. The summed E-state index contributed by atoms with van der Waals surface area (Å²) in [5, 5.41) is 1.63. The van der Waals surface area contributed by atoms with Gasteiger partial charge in [0, 0.05) is 33.6 Å². The first-order valence-electron chi connectivity index (χ1n) is 7.66. The van der Waals surface area contributed by atoms with Gasteiger partial charge in [-0.05, 0) is 24.6 Å². The van der Waals surface area contributed by atoms with Crippen LogP contribution >= 0.6 is 23.4 Å². The standard InChI is InChI=1S/C19H18ClNO2S/c1-13(19(22)23-2)24-18-12-21(17-10-6-4-8-15(17)18)11-14-7-3-5-9-16(14)20/h3-10,12-13H,11H2,1-2H3. The third-order valence-corrected chi connectivity index (χ3v) is 5.38. The van der Waals surface area contributed by atoms with Crippen molar-refractivity contribution in [1.82, 2.24) is 4.57 Å². The van der Waals surface area contributed by atoms with E-state index < -0.39 is 0 Å². The molecule has 0 radical (unpaired) electrons. The Morgan fingerprint density at radius 1 is 1.21 bits per heavy atom. The maximum atomic E-state index is 11.7. The van der Waals surface area contributed by atoms with Crippen molar-refractivity contribution < 1.29 is 9.53 Å². The van der Waals surface area contributed by atoms with E-state index >= 15 is 0 Å². The van der Waals surface area contributed by atoms with E-state index in [9.17, 15) is 4.79 Å². The molecular formula is C19H18ClNO2S. The number of hydrogen-bond donors (Lipinski definition) is 0. The fourth-order valence-electron chi connectivity index (χ4n) is 2.65. The number of fused-ring (bicyclic) bond motifs is 1. The molecular weight excluding hydrogens is 342 g/mol. The van der Waals surface area contributed by atoms with E-state index in [1.807, 2.05) is 43.3 Å². The number of methoxy groups -OCH3 is 1. The van der Waals surface area contributed by atoms with E-state index in [1.165, 1.54) is 18.9 Å². The van der Waals surface area contributed by atoms with Crippen molar-refractivity contribution >= 4 is 40.2 Å². The van der Waals surface area contributed by atoms with E-state index in [4.69, 9.17) is 16.3 Å². The van der Waals surface area contributed by atoms with Crippen molar-refractivity contribution in [3.05, 3.63) is 65.3 Å². The number of carbonyl (C=O) groups excluding carboxylic acids is 1. The molecule has 0 saturated heterocycles. The molecule has 2 aromatic carbocycles. The van der Waals surface area contributed by atoms with Gasteiger partial charge >= 0.3 is 5.97 Å². The topological polar surface area (TPSA) is 31.2 Å². The van der Waals surface area contributed by atoms with Crippen LogP contribution in [0.2, 0.25) is 5.02 Å². The Morgan fingerprint density at radius 2 is 1.92 bits per heavy atom. The molecule has 0 N–H and O–H groups in total. The monoisotopic (exact) mass is 359 g/mol. The molecule has 24 heavy (non-hydrogen) atoms. The SMILES string of the molecule is COC(=O)C(C)Sc1cn(Cc2ccccc2Cl)c2ccccc12. The predicted molar refractivity (Wildman–Crippen MR) is 99.8 cm³/mol. The minimum atomic E-state index is -0.255. The second-order valence-electron chi connectivity index (χ2n) is 5.51. The minimum Gasteiger partial charge on any atom is -0.468 e. The summed E-state index contributed by atoms with van der Waals surface area (Å²) < 4.78 is 7.00. The first-order chi connectivity index (χ1) is 11.6. The lowest BCUT2D eigenvalue weighted by Gasteiger charge is -2.08. The van der Waals surface area contributed by atoms with Crippen LogP contribution in [0.5, 0.6) is 0 Å². The molecule has 0 fully saturated rings. The number of halogens is 1. The lowest BCUT2D eigenvalue weighted by molar-refractivity contribution is -0.139. The van der Waals surface area contributed by atoms with Gasteiger partial charge in [0.05, 0.1) is 7.11 Å². The Bertz CT molecular complexity index is 875. The Hall–Kier alpha value is -1.91. The highest BCUT2D eigenvalue weighted by molar-refractivity contribution is 8.00. The molecule has 1 atom stereocenters. The summed E-state index contributed by atoms with van der Waals surface area (Å²) in [5.41, 5.74) is 2.19. The first-order valence-corrected chi connectivity index (χ1v) is 8.91. The second kappa shape index (κ2) is 7.32. The second-order valence-corrected chi connectivity index (χ2v) is 7.30. The van der Waals surface area contributed by atoms with Crippen LogP contribution in [-0.4, -0.2) is 22.9 Å². The van der Waals surface area contributed by atoms with Gasteiger partial charge in [-0.1, -0.05) is 48.0 Å². The molecule has 0 aliphatic carbocycles. The van der Waals surface area contributed by atoms with Crippen LogP contribution in [0.15, 0.2) is 59.6 Å². The van der Waals surface area contributed by atoms with Gasteiger partial charge in [0.25, 0.3) is 0 Å². The minimum absolute atomic E-state index is 0.220. The Balaban J connectivity index is 1.97. The van der Waals surface area contributed by atoms with Crippen molar-refractivity contribution in [2.75, 3.05) is 7.11 Å². The zero-order valence-electron chi connectivity index (χ0n) is 13.5. The lowest BCUT2D eigenvalue weighted by Crippen LogP contribution is -2.14. The number of aromatic nitrogens is 1. The number of nitrogens with zero attached hydrogens (tertiary/aromatic N) is 1. The van der Waals surface area contributed by atoms with Gasteiger partial charge < -0.3 is 9.30 Å². The molecule has 0 bridgehead atoms. The highest BCUT2D eigenvalue weighted by Crippen LogP contribution is 2.33. The lowest BCUT2D eigenvalue weighted by atomic mass is 10.2. The summed E-state index contributed by atoms with van der Waals surface area (Å²) >= 11 is 7.81. The normalized spacial score (nSPS) is 12.3. The third kappa shape index (κ3) is 3.45. The van der Waals surface area contributed by atoms with Crippen molar-refractivity contribution in [2.45, 2.75) is 23.6 Å². The van der Waals surface area contributed by atoms with Crippen LogP contribution in [-0.2, 0) is 16.1 Å². The summed E-state index contributed by atoms with van der Waals surface area (Å²) in [6, 6.07) is 16.0. The highest BCUT2D eigenvalue weighted by atomic mass is 35.5. The number of rotatable bonds is 5. The summed E-state index contributed by atoms with van der Waals surface area (Å²) in [6.07, 6.45) is 2.08. The molecule has 0 saturated carbocycles. The number of benzene rings is 2. The van der Waals surface area contributed by atoms with Crippen molar-refractivity contribution in [2.24, 2.45) is 0 Å². The molecule has 3 rings (SSSR count). The molecule has 0 aliphatic rings. The molecule has 0 spiro atoms. The number of para-hydroxylation sites is 1. The predicted octanol–water partition coefficient (Wildman–Crippen LogP) is 5.00. The summed E-state index contributed by atoms with van der Waals surface area (Å²) in [5.74, 6) is -0.220. The number of hydrogen-bond acceptors (Lipinski definition) is 3. The van der Waals surface area contributed by atoms with E-state index in [1.54, 1.807) is 0 Å². The largest absolute Gasteiger partial charge is 0.468 e. The molecule has 3 nitrogen and oxygen atoms in total. The van der Waals surface area contributed by atoms with Gasteiger partial charge in [-0.15, -0.1) is 11.8 Å². The van der Waals surface area contributed by atoms with E-state index in [2.05, 4.69) is 22.9 Å². The van der Waals surface area contributed by atoms with Crippen molar-refractivity contribution in [3.8, 4) is 0 Å². The van der Waals surface area contributed by atoms with Crippen LogP contribution < -0.4 is 0 Å². The van der Waals surface area contributed by atoms with Gasteiger partial charge in [0.15, 0.2) is 0 Å². The molecule has 3 aromatic rings. The van der Waals surface area contributed by atoms with Crippen LogP contribution in [0.25, 0.3) is 10.9 Å². The quantitative estimate of drug-likeness (QED) is 0.474. The van der Waals surface area contributed by atoms with Gasteiger partial charge in [-0.25, -0.2) is 0 Å². The summed E-state index contributed by atoms with van der Waals surface area (Å²) in [7, 11) is 1.42. The van der Waals surface area contributed by atoms with E-state index in [0.717, 1.165) is 26.4 Å². The van der Waals surface area contributed by atoms with E-state index in [-0.39, 0.29) is 11.2 Å². The van der Waals surface area contributed by atoms with Gasteiger partial charge in [-0.2, -0.15) is 0 Å². The molecule has 1 unspecified atom stereocenters. The van der Waals surface area contributed by atoms with Gasteiger partial charge in [-0.3, -0.25) is 4.79 Å². The van der Waals surface area contributed by atoms with Gasteiger partial charge in [0.2, 0.25) is 0 Å². The fourth-order valence-corrected chi connectivity index (χ4v) is 3.91. The van der Waals surface area contributed by atoms with Gasteiger partial charge in [0.1, 0.15) is 5.25 Å². The molecule has 1 aromatic heterocycles. The summed E-state index contributed by atoms with van der Waals surface area (Å²) in [6.45, 7) is 2.55. The molecule has 0 amide bonds. The Kier molecular flexibility index (Phi) is 5.17. The van der Waals surface area contributed by atoms with Crippen LogP contribution in [0, 0.1) is 0 Å². The first kappa shape index (κ1) is 16.9. The average Bonchev–Trinajstić information content (AvgIpc) is 2.94. The highest BCUT2D eigenvalue weighted by Gasteiger charge is 2.18. The Morgan fingerprint density at radius 3 is 2.67 bits per heavy atom. The zero-order chi connectivity index (χ0) is 17.1. The molecule has 0 aliphatic heterocycles. The number of thioether (sulfide) groups is 1. The molecule has 5 heteroatoms. The Labute approximate surface area is 150 Å². The number of esters is 1. The number of carbonyl (C=O) groups is 1. The van der Waals surface area contributed by atoms with Crippen LogP contribution in [0.3, 0.4) is 0 Å². The molecule has 1 heterocycles. The molecule has 124 valence electrons. The van der Waals surface area contributed by atoms with E-state index in [0.29, 0.717) is 6.54 Å². The van der Waals surface area contributed by atoms with Crippen LogP contribution in [0.1, 0.15) is 12.5 Å².